The van der Waals surface area contributed by atoms with Gasteiger partial charge in [0.25, 0.3) is 0 Å². The van der Waals surface area contributed by atoms with Gasteiger partial charge in [0.2, 0.25) is 0 Å². The Balaban J connectivity index is 1.40. The molecule has 1 unspecified atom stereocenters. The average Bonchev–Trinajstić information content (AvgIpc) is 3.74. The van der Waals surface area contributed by atoms with E-state index < -0.39 is 5.82 Å². The van der Waals surface area contributed by atoms with Crippen molar-refractivity contribution in [1.82, 2.24) is 9.97 Å². The fourth-order valence-corrected chi connectivity index (χ4v) is 5.21. The third-order valence-electron chi connectivity index (χ3n) is 7.08. The summed E-state index contributed by atoms with van der Waals surface area (Å²) in [5.74, 6) is 0.606. The molecule has 1 atom stereocenters. The van der Waals surface area contributed by atoms with Gasteiger partial charge in [0.1, 0.15) is 11.6 Å². The molecule has 37 heavy (non-hydrogen) atoms. The first-order chi connectivity index (χ1) is 17.9. The Hall–Kier alpha value is -3.55. The molecule has 6 rings (SSSR count). The van der Waals surface area contributed by atoms with Crippen molar-refractivity contribution in [1.29, 1.82) is 0 Å². The van der Waals surface area contributed by atoms with Gasteiger partial charge < -0.3 is 16.0 Å². The van der Waals surface area contributed by atoms with E-state index in [9.17, 15) is 9.18 Å². The number of pyridine rings is 2. The second-order valence-corrected chi connectivity index (χ2v) is 10.4. The van der Waals surface area contributed by atoms with Gasteiger partial charge >= 0.3 is 0 Å². The van der Waals surface area contributed by atoms with Gasteiger partial charge in [-0.1, -0.05) is 17.7 Å². The SMILES string of the molecule is NC1CCCN(c2ccc(Nc3c(C(=O)C4CC4)cnc4ccc(-c5cc(F)cc(Cl)c5)cc34)cn2)C1. The molecular formula is C29H27ClFN5O. The number of ketones is 1. The van der Waals surface area contributed by atoms with Crippen LogP contribution < -0.4 is 16.0 Å². The van der Waals surface area contributed by atoms with E-state index in [-0.39, 0.29) is 17.7 Å². The van der Waals surface area contributed by atoms with Crippen LogP contribution in [0.15, 0.2) is 60.9 Å². The number of nitrogens with zero attached hydrogens (tertiary/aromatic N) is 3. The molecule has 1 saturated carbocycles. The molecular weight excluding hydrogens is 489 g/mol. The van der Waals surface area contributed by atoms with Crippen LogP contribution in [-0.2, 0) is 0 Å². The average molecular weight is 516 g/mol. The van der Waals surface area contributed by atoms with Gasteiger partial charge in [-0.2, -0.15) is 0 Å². The van der Waals surface area contributed by atoms with E-state index in [2.05, 4.69) is 20.2 Å². The summed E-state index contributed by atoms with van der Waals surface area (Å²) in [6.45, 7) is 1.73. The van der Waals surface area contributed by atoms with Crippen LogP contribution in [0.3, 0.4) is 0 Å². The van der Waals surface area contributed by atoms with E-state index in [0.717, 1.165) is 66.7 Å². The first kappa shape index (κ1) is 23.8. The highest BCUT2D eigenvalue weighted by molar-refractivity contribution is 6.30. The first-order valence-corrected chi connectivity index (χ1v) is 13.0. The quantitative estimate of drug-likeness (QED) is 0.291. The van der Waals surface area contributed by atoms with Gasteiger partial charge in [-0.15, -0.1) is 0 Å². The first-order valence-electron chi connectivity index (χ1n) is 12.6. The Bertz CT molecular complexity index is 1470. The summed E-state index contributed by atoms with van der Waals surface area (Å²) in [4.78, 5) is 24.7. The number of rotatable bonds is 6. The monoisotopic (exact) mass is 515 g/mol. The molecule has 3 heterocycles. The predicted octanol–water partition coefficient (Wildman–Crippen LogP) is 6.35. The van der Waals surface area contributed by atoms with Gasteiger partial charge in [-0.25, -0.2) is 9.37 Å². The summed E-state index contributed by atoms with van der Waals surface area (Å²) in [5.41, 5.74) is 10.3. The fraction of sp³-hybridized carbons (Fsp3) is 0.276. The maximum atomic E-state index is 14.1. The number of anilines is 3. The van der Waals surface area contributed by atoms with Gasteiger partial charge in [0.15, 0.2) is 5.78 Å². The minimum Gasteiger partial charge on any atom is -0.355 e. The summed E-state index contributed by atoms with van der Waals surface area (Å²) >= 11 is 6.12. The van der Waals surface area contributed by atoms with Crippen molar-refractivity contribution in [2.24, 2.45) is 11.7 Å². The second kappa shape index (κ2) is 9.72. The molecule has 2 aromatic heterocycles. The molecule has 1 aliphatic carbocycles. The molecule has 0 bridgehead atoms. The summed E-state index contributed by atoms with van der Waals surface area (Å²) in [6, 6.07) is 14.2. The van der Waals surface area contributed by atoms with E-state index in [0.29, 0.717) is 21.8 Å². The van der Waals surface area contributed by atoms with E-state index in [1.807, 2.05) is 30.3 Å². The van der Waals surface area contributed by atoms with Crippen molar-refractivity contribution < 1.29 is 9.18 Å². The van der Waals surface area contributed by atoms with Crippen molar-refractivity contribution in [3.8, 4) is 11.1 Å². The van der Waals surface area contributed by atoms with Crippen LogP contribution in [0.25, 0.3) is 22.0 Å². The summed E-state index contributed by atoms with van der Waals surface area (Å²) in [6.07, 6.45) is 7.31. The lowest BCUT2D eigenvalue weighted by molar-refractivity contribution is 0.0968. The van der Waals surface area contributed by atoms with Crippen LogP contribution in [-0.4, -0.2) is 34.9 Å². The topological polar surface area (TPSA) is 84.1 Å². The number of piperidine rings is 1. The Morgan fingerprint density at radius 2 is 1.89 bits per heavy atom. The van der Waals surface area contributed by atoms with Crippen LogP contribution in [0.1, 0.15) is 36.0 Å². The van der Waals surface area contributed by atoms with Crippen LogP contribution in [0.4, 0.5) is 21.6 Å². The molecule has 2 aromatic carbocycles. The smallest absolute Gasteiger partial charge is 0.169 e. The number of aromatic nitrogens is 2. The van der Waals surface area contributed by atoms with Crippen molar-refractivity contribution >= 4 is 45.5 Å². The Morgan fingerprint density at radius 1 is 1.03 bits per heavy atom. The molecule has 4 aromatic rings. The van der Waals surface area contributed by atoms with Crippen LogP contribution in [0, 0.1) is 11.7 Å². The molecule has 6 nitrogen and oxygen atoms in total. The Morgan fingerprint density at radius 3 is 2.62 bits per heavy atom. The molecule has 2 aliphatic rings. The summed E-state index contributed by atoms with van der Waals surface area (Å²) in [7, 11) is 0. The van der Waals surface area contributed by atoms with Gasteiger partial charge in [0.05, 0.1) is 28.7 Å². The Labute approximate surface area is 219 Å². The van der Waals surface area contributed by atoms with Crippen molar-refractivity contribution in [3.05, 3.63) is 77.3 Å². The number of hydrogen-bond donors (Lipinski definition) is 2. The third-order valence-corrected chi connectivity index (χ3v) is 7.29. The molecule has 1 saturated heterocycles. The zero-order valence-electron chi connectivity index (χ0n) is 20.3. The molecule has 0 amide bonds. The highest BCUT2D eigenvalue weighted by Gasteiger charge is 2.32. The molecule has 0 radical (unpaired) electrons. The number of fused-ring (bicyclic) bond motifs is 1. The largest absolute Gasteiger partial charge is 0.355 e. The minimum atomic E-state index is -0.405. The molecule has 8 heteroatoms. The van der Waals surface area contributed by atoms with Crippen molar-refractivity contribution in [3.63, 3.8) is 0 Å². The number of Topliss-reactive ketones (excluding diaryl/α,β-unsaturated/α-hetero) is 1. The maximum Gasteiger partial charge on any atom is 0.169 e. The van der Waals surface area contributed by atoms with E-state index in [4.69, 9.17) is 17.3 Å². The minimum absolute atomic E-state index is 0.0359. The van der Waals surface area contributed by atoms with E-state index >= 15 is 0 Å². The second-order valence-electron chi connectivity index (χ2n) is 9.95. The van der Waals surface area contributed by atoms with Crippen molar-refractivity contribution in [2.45, 2.75) is 31.7 Å². The van der Waals surface area contributed by atoms with Crippen LogP contribution in [0.5, 0.6) is 0 Å². The lowest BCUT2D eigenvalue weighted by atomic mass is 9.99. The van der Waals surface area contributed by atoms with Crippen LogP contribution >= 0.6 is 11.6 Å². The molecule has 3 N–H and O–H groups in total. The zero-order valence-corrected chi connectivity index (χ0v) is 21.0. The predicted molar refractivity (Wildman–Crippen MR) is 146 cm³/mol. The van der Waals surface area contributed by atoms with Gasteiger partial charge in [-0.3, -0.25) is 9.78 Å². The molecule has 1 aliphatic heterocycles. The normalized spacial score (nSPS) is 17.7. The standard InChI is InChI=1S/C29H27ClFN5O/c30-20-10-19(11-21(31)13-20)18-5-7-26-24(12-18)28(25(15-33-26)29(37)17-3-4-17)35-23-6-8-27(34-14-23)36-9-1-2-22(32)16-36/h5-8,10-15,17,22H,1-4,9,16,32H2,(H,33,35). The van der Waals surface area contributed by atoms with Gasteiger partial charge in [-0.05, 0) is 79.3 Å². The number of hydrogen-bond acceptors (Lipinski definition) is 6. The number of nitrogens with two attached hydrogens (primary N) is 1. The highest BCUT2D eigenvalue weighted by Crippen LogP contribution is 2.39. The maximum absolute atomic E-state index is 14.1. The highest BCUT2D eigenvalue weighted by atomic mass is 35.5. The van der Waals surface area contributed by atoms with Crippen molar-refractivity contribution in [2.75, 3.05) is 23.3 Å². The van der Waals surface area contributed by atoms with Crippen LogP contribution in [0.2, 0.25) is 5.02 Å². The fourth-order valence-electron chi connectivity index (χ4n) is 4.99. The zero-order chi connectivity index (χ0) is 25.5. The lowest BCUT2D eigenvalue weighted by Crippen LogP contribution is -2.43. The third kappa shape index (κ3) is 5.02. The van der Waals surface area contributed by atoms with E-state index in [1.165, 1.54) is 12.1 Å². The number of halogens is 2. The summed E-state index contributed by atoms with van der Waals surface area (Å²) in [5, 5.41) is 4.55. The summed E-state index contributed by atoms with van der Waals surface area (Å²) < 4.78 is 14.1. The number of carbonyl (C=O) groups is 1. The lowest BCUT2D eigenvalue weighted by Gasteiger charge is -2.31. The van der Waals surface area contributed by atoms with Gasteiger partial charge in [0, 0.05) is 41.7 Å². The molecule has 2 fully saturated rings. The van der Waals surface area contributed by atoms with E-state index in [1.54, 1.807) is 18.5 Å². The molecule has 0 spiro atoms. The number of benzene rings is 2. The number of nitrogens with one attached hydrogen (secondary N) is 1. The molecule has 188 valence electrons. The Kier molecular flexibility index (Phi) is 6.26. The number of carbonyl (C=O) groups excluding carboxylic acids is 1.